The van der Waals surface area contributed by atoms with Gasteiger partial charge in [-0.15, -0.1) is 0 Å². The van der Waals surface area contributed by atoms with Gasteiger partial charge in [-0.25, -0.2) is 14.4 Å². The number of nitrogens with two attached hydrogens (primary N) is 1. The lowest BCUT2D eigenvalue weighted by Crippen LogP contribution is -2.31. The molecule has 144 valence electrons. The summed E-state index contributed by atoms with van der Waals surface area (Å²) < 4.78 is 13.7. The van der Waals surface area contributed by atoms with E-state index in [0.717, 1.165) is 16.6 Å². The van der Waals surface area contributed by atoms with E-state index >= 15 is 0 Å². The Morgan fingerprint density at radius 3 is 2.62 bits per heavy atom. The molecular formula is C20H16FN7O. The Morgan fingerprint density at radius 1 is 0.931 bits per heavy atom. The summed E-state index contributed by atoms with van der Waals surface area (Å²) in [5.74, 6) is -0.769. The van der Waals surface area contributed by atoms with Crippen molar-refractivity contribution in [1.29, 1.82) is 0 Å². The van der Waals surface area contributed by atoms with E-state index in [1.54, 1.807) is 12.3 Å². The molecule has 0 saturated heterocycles. The molecule has 0 aliphatic rings. The number of nitrogen functional groups attached to an aromatic ring is 1. The second-order valence-electron chi connectivity index (χ2n) is 6.04. The third-order valence-electron chi connectivity index (χ3n) is 4.20. The molecule has 0 saturated carbocycles. The Balaban J connectivity index is 1.55. The number of aromatic nitrogens is 3. The minimum Gasteiger partial charge on any atom is -0.393 e. The van der Waals surface area contributed by atoms with Gasteiger partial charge in [0, 0.05) is 17.3 Å². The van der Waals surface area contributed by atoms with Gasteiger partial charge in [-0.1, -0.05) is 18.2 Å². The zero-order valence-corrected chi connectivity index (χ0v) is 15.1. The van der Waals surface area contributed by atoms with E-state index in [4.69, 9.17) is 5.73 Å². The van der Waals surface area contributed by atoms with Gasteiger partial charge in [0.15, 0.2) is 11.6 Å². The van der Waals surface area contributed by atoms with Crippen LogP contribution in [0, 0.1) is 5.82 Å². The maximum atomic E-state index is 13.7. The number of carbonyl (C=O) groups excluding carboxylic acids is 1. The maximum Gasteiger partial charge on any atom is 0.272 e. The van der Waals surface area contributed by atoms with Crippen molar-refractivity contribution in [3.05, 3.63) is 78.5 Å². The van der Waals surface area contributed by atoms with Crippen LogP contribution in [0.1, 0.15) is 10.4 Å². The number of anilines is 4. The van der Waals surface area contributed by atoms with E-state index in [9.17, 15) is 9.18 Å². The number of halogens is 1. The van der Waals surface area contributed by atoms with Gasteiger partial charge in [0.05, 0.1) is 11.1 Å². The number of nitrogens with one attached hydrogen (secondary N) is 3. The highest BCUT2D eigenvalue weighted by Crippen LogP contribution is 2.29. The highest BCUT2D eigenvalue weighted by Gasteiger charge is 2.13. The average Bonchev–Trinajstić information content (AvgIpc) is 2.75. The minimum atomic E-state index is -0.657. The number of hydrogen-bond donors (Lipinski definition) is 4. The van der Waals surface area contributed by atoms with Crippen molar-refractivity contribution in [2.45, 2.75) is 0 Å². The van der Waals surface area contributed by atoms with Crippen LogP contribution in [0.3, 0.4) is 0 Å². The first-order valence-electron chi connectivity index (χ1n) is 8.65. The van der Waals surface area contributed by atoms with Gasteiger partial charge in [-0.2, -0.15) is 0 Å². The zero-order chi connectivity index (χ0) is 20.2. The van der Waals surface area contributed by atoms with E-state index < -0.39 is 11.7 Å². The molecule has 29 heavy (non-hydrogen) atoms. The predicted molar refractivity (Wildman–Crippen MR) is 109 cm³/mol. The number of amides is 1. The van der Waals surface area contributed by atoms with E-state index in [1.807, 2.05) is 30.3 Å². The molecule has 5 N–H and O–H groups in total. The van der Waals surface area contributed by atoms with Gasteiger partial charge in [-0.05, 0) is 36.4 Å². The second-order valence-corrected chi connectivity index (χ2v) is 6.04. The Morgan fingerprint density at radius 2 is 1.76 bits per heavy atom. The number of carbonyl (C=O) groups is 1. The van der Waals surface area contributed by atoms with Gasteiger partial charge >= 0.3 is 0 Å². The summed E-state index contributed by atoms with van der Waals surface area (Å²) in [7, 11) is 0. The van der Waals surface area contributed by atoms with Crippen molar-refractivity contribution in [3.8, 4) is 0 Å². The topological polar surface area (TPSA) is 118 Å². The van der Waals surface area contributed by atoms with Crippen LogP contribution in [0.25, 0.3) is 10.9 Å². The van der Waals surface area contributed by atoms with Crippen LogP contribution < -0.4 is 21.9 Å². The summed E-state index contributed by atoms with van der Waals surface area (Å²) >= 11 is 0. The summed E-state index contributed by atoms with van der Waals surface area (Å²) in [6.45, 7) is 0. The molecule has 0 spiro atoms. The maximum absolute atomic E-state index is 13.7. The molecule has 0 unspecified atom stereocenters. The normalized spacial score (nSPS) is 10.5. The molecule has 4 aromatic rings. The van der Waals surface area contributed by atoms with Crippen LogP contribution in [-0.2, 0) is 0 Å². The van der Waals surface area contributed by atoms with Crippen LogP contribution in [-0.4, -0.2) is 20.9 Å². The van der Waals surface area contributed by atoms with Crippen molar-refractivity contribution in [1.82, 2.24) is 20.4 Å². The van der Waals surface area contributed by atoms with Crippen LogP contribution in [0.15, 0.2) is 67.1 Å². The second kappa shape index (κ2) is 7.77. The lowest BCUT2D eigenvalue weighted by molar-refractivity contribution is 0.0958. The third kappa shape index (κ3) is 3.74. The lowest BCUT2D eigenvalue weighted by atomic mass is 10.2. The number of hydrazine groups is 1. The highest BCUT2D eigenvalue weighted by atomic mass is 19.1. The van der Waals surface area contributed by atoms with E-state index in [1.165, 1.54) is 24.5 Å². The van der Waals surface area contributed by atoms with Crippen LogP contribution in [0.4, 0.5) is 27.4 Å². The molecule has 0 aliphatic carbocycles. The molecule has 2 heterocycles. The fraction of sp³-hybridized carbons (Fsp3) is 0. The van der Waals surface area contributed by atoms with Crippen molar-refractivity contribution >= 4 is 39.8 Å². The fourth-order valence-electron chi connectivity index (χ4n) is 2.76. The average molecular weight is 389 g/mol. The molecule has 1 amide bonds. The van der Waals surface area contributed by atoms with Crippen molar-refractivity contribution in [2.75, 3.05) is 16.5 Å². The van der Waals surface area contributed by atoms with Crippen LogP contribution in [0.2, 0.25) is 0 Å². The Kier molecular flexibility index (Phi) is 4.85. The Hall–Kier alpha value is -4.27. The molecule has 0 aliphatic heterocycles. The molecule has 2 aromatic carbocycles. The third-order valence-corrected chi connectivity index (χ3v) is 4.20. The highest BCUT2D eigenvalue weighted by molar-refractivity contribution is 5.96. The van der Waals surface area contributed by atoms with Crippen molar-refractivity contribution < 1.29 is 9.18 Å². The van der Waals surface area contributed by atoms with E-state index in [-0.39, 0.29) is 17.1 Å². The summed E-state index contributed by atoms with van der Waals surface area (Å²) in [6.07, 6.45) is 3.01. The van der Waals surface area contributed by atoms with Gasteiger partial charge in [0.2, 0.25) is 0 Å². The first-order chi connectivity index (χ1) is 14.1. The molecule has 2 aromatic heterocycles. The summed E-state index contributed by atoms with van der Waals surface area (Å²) in [4.78, 5) is 24.6. The number of nitrogens with zero attached hydrogens (tertiary/aromatic N) is 3. The van der Waals surface area contributed by atoms with Gasteiger partial charge in [0.25, 0.3) is 5.91 Å². The number of rotatable bonds is 5. The lowest BCUT2D eigenvalue weighted by Gasteiger charge is -2.14. The number of fused-ring (bicyclic) bond motifs is 1. The standard InChI is InChI=1S/C20H16FN7O/c21-14-7-2-1-5-12(14)20(29)28-27-19-17(22)18(24-11-25-19)26-16-9-3-8-15-13(16)6-4-10-23-15/h1-11H,22H2,(H,28,29)(H2,24,25,26,27). The summed E-state index contributed by atoms with van der Waals surface area (Å²) in [6, 6.07) is 15.0. The van der Waals surface area contributed by atoms with Crippen molar-refractivity contribution in [2.24, 2.45) is 0 Å². The Labute approximate surface area is 165 Å². The van der Waals surface area contributed by atoms with E-state index in [2.05, 4.69) is 31.1 Å². The molecular weight excluding hydrogens is 373 g/mol. The molecule has 0 radical (unpaired) electrons. The first-order valence-corrected chi connectivity index (χ1v) is 8.65. The summed E-state index contributed by atoms with van der Waals surface area (Å²) in [5, 5.41) is 4.05. The first kappa shape index (κ1) is 18.1. The van der Waals surface area contributed by atoms with E-state index in [0.29, 0.717) is 5.82 Å². The monoisotopic (exact) mass is 389 g/mol. The minimum absolute atomic E-state index is 0.103. The van der Waals surface area contributed by atoms with Gasteiger partial charge in [0.1, 0.15) is 17.8 Å². The van der Waals surface area contributed by atoms with Crippen molar-refractivity contribution in [3.63, 3.8) is 0 Å². The number of pyridine rings is 1. The molecule has 0 bridgehead atoms. The quantitative estimate of drug-likeness (QED) is 0.387. The molecule has 4 rings (SSSR count). The molecule has 8 nitrogen and oxygen atoms in total. The largest absolute Gasteiger partial charge is 0.393 e. The predicted octanol–water partition coefficient (Wildman–Crippen LogP) is 3.25. The fourth-order valence-corrected chi connectivity index (χ4v) is 2.76. The summed E-state index contributed by atoms with van der Waals surface area (Å²) in [5.41, 5.74) is 12.8. The van der Waals surface area contributed by atoms with Crippen LogP contribution in [0.5, 0.6) is 0 Å². The number of hydrogen-bond acceptors (Lipinski definition) is 7. The molecule has 0 atom stereocenters. The SMILES string of the molecule is Nc1c(NNC(=O)c2ccccc2F)ncnc1Nc1cccc2ncccc12. The van der Waals surface area contributed by atoms with Gasteiger partial charge in [-0.3, -0.25) is 20.6 Å². The molecule has 9 heteroatoms. The molecule has 0 fully saturated rings. The number of benzene rings is 2. The zero-order valence-electron chi connectivity index (χ0n) is 15.1. The smallest absolute Gasteiger partial charge is 0.272 e. The van der Waals surface area contributed by atoms with Crippen LogP contribution >= 0.6 is 0 Å². The van der Waals surface area contributed by atoms with Gasteiger partial charge < -0.3 is 11.1 Å². The Bertz CT molecular complexity index is 1190.